The third-order valence-electron chi connectivity index (χ3n) is 1.76. The third kappa shape index (κ3) is 2.36. The number of rotatable bonds is 3. The van der Waals surface area contributed by atoms with Crippen LogP contribution in [0, 0.1) is 11.3 Å². The predicted molar refractivity (Wildman–Crippen MR) is 51.9 cm³/mol. The highest BCUT2D eigenvalue weighted by Gasteiger charge is 2.17. The van der Waals surface area contributed by atoms with Crippen molar-refractivity contribution in [1.82, 2.24) is 4.98 Å². The Morgan fingerprint density at radius 3 is 2.73 bits per heavy atom. The van der Waals surface area contributed by atoms with Gasteiger partial charge in [-0.25, -0.2) is 13.8 Å². The molecule has 6 heteroatoms. The summed E-state index contributed by atoms with van der Waals surface area (Å²) < 4.78 is 25.0. The van der Waals surface area contributed by atoms with Crippen LogP contribution in [0.15, 0.2) is 6.07 Å². The SMILES string of the molecule is N#Cc1cc(C(F)F)c(CBr)nc1C=O. The molecular weight excluding hydrogens is 270 g/mol. The van der Waals surface area contributed by atoms with Gasteiger partial charge in [0.2, 0.25) is 0 Å². The highest BCUT2D eigenvalue weighted by atomic mass is 79.9. The van der Waals surface area contributed by atoms with Crippen molar-refractivity contribution in [2.75, 3.05) is 0 Å². The zero-order valence-electron chi connectivity index (χ0n) is 7.38. The lowest BCUT2D eigenvalue weighted by molar-refractivity contribution is 0.111. The number of carbonyl (C=O) groups is 1. The van der Waals surface area contributed by atoms with E-state index < -0.39 is 6.43 Å². The number of pyridine rings is 1. The van der Waals surface area contributed by atoms with Gasteiger partial charge in [0.25, 0.3) is 6.43 Å². The van der Waals surface area contributed by atoms with E-state index in [4.69, 9.17) is 5.26 Å². The quantitative estimate of drug-likeness (QED) is 0.629. The molecule has 0 atom stereocenters. The lowest BCUT2D eigenvalue weighted by Crippen LogP contribution is -2.03. The Morgan fingerprint density at radius 2 is 2.33 bits per heavy atom. The molecule has 0 N–H and O–H groups in total. The first-order valence-electron chi connectivity index (χ1n) is 3.87. The molecule has 15 heavy (non-hydrogen) atoms. The van der Waals surface area contributed by atoms with Gasteiger partial charge in [-0.2, -0.15) is 5.26 Å². The number of halogens is 3. The second-order valence-corrected chi connectivity index (χ2v) is 3.18. The summed E-state index contributed by atoms with van der Waals surface area (Å²) in [6.45, 7) is 0. The minimum Gasteiger partial charge on any atom is -0.296 e. The molecule has 0 radical (unpaired) electrons. The molecule has 78 valence electrons. The second kappa shape index (κ2) is 4.94. The van der Waals surface area contributed by atoms with Crippen LogP contribution in [-0.4, -0.2) is 11.3 Å². The summed E-state index contributed by atoms with van der Waals surface area (Å²) in [7, 11) is 0. The molecule has 1 rings (SSSR count). The zero-order valence-corrected chi connectivity index (χ0v) is 8.96. The Hall–Kier alpha value is -1.35. The van der Waals surface area contributed by atoms with Gasteiger partial charge in [-0.1, -0.05) is 15.9 Å². The summed E-state index contributed by atoms with van der Waals surface area (Å²) in [4.78, 5) is 14.2. The summed E-state index contributed by atoms with van der Waals surface area (Å²) in [5.41, 5.74) is -0.499. The molecule has 1 heterocycles. The van der Waals surface area contributed by atoms with Gasteiger partial charge in [0, 0.05) is 10.9 Å². The number of nitriles is 1. The Labute approximate surface area is 92.9 Å². The number of aromatic nitrogens is 1. The van der Waals surface area contributed by atoms with Crippen LogP contribution in [-0.2, 0) is 5.33 Å². The third-order valence-corrected chi connectivity index (χ3v) is 2.29. The van der Waals surface area contributed by atoms with Crippen LogP contribution in [0.2, 0.25) is 0 Å². The molecule has 0 fully saturated rings. The van der Waals surface area contributed by atoms with Gasteiger partial charge in [-0.05, 0) is 6.07 Å². The maximum atomic E-state index is 12.5. The Morgan fingerprint density at radius 1 is 1.67 bits per heavy atom. The van der Waals surface area contributed by atoms with E-state index in [2.05, 4.69) is 20.9 Å². The maximum Gasteiger partial charge on any atom is 0.265 e. The summed E-state index contributed by atoms with van der Waals surface area (Å²) in [5, 5.41) is 8.72. The number of aldehydes is 1. The normalized spacial score (nSPS) is 10.1. The molecule has 0 aliphatic carbocycles. The number of alkyl halides is 3. The van der Waals surface area contributed by atoms with Crippen LogP contribution in [0.4, 0.5) is 8.78 Å². The molecule has 0 spiro atoms. The van der Waals surface area contributed by atoms with Gasteiger partial charge in [0.1, 0.15) is 11.8 Å². The van der Waals surface area contributed by atoms with Crippen LogP contribution < -0.4 is 0 Å². The lowest BCUT2D eigenvalue weighted by Gasteiger charge is -2.06. The predicted octanol–water partition coefficient (Wildman–Crippen LogP) is 2.60. The number of hydrogen-bond acceptors (Lipinski definition) is 3. The van der Waals surface area contributed by atoms with Crippen molar-refractivity contribution in [3.63, 3.8) is 0 Å². The first-order valence-corrected chi connectivity index (χ1v) is 4.99. The molecule has 1 aromatic rings. The fourth-order valence-corrected chi connectivity index (χ4v) is 1.51. The van der Waals surface area contributed by atoms with Gasteiger partial charge in [-0.15, -0.1) is 0 Å². The van der Waals surface area contributed by atoms with E-state index in [0.717, 1.165) is 6.07 Å². The fraction of sp³-hybridized carbons (Fsp3) is 0.222. The van der Waals surface area contributed by atoms with E-state index in [-0.39, 0.29) is 27.8 Å². The summed E-state index contributed by atoms with van der Waals surface area (Å²) in [6.07, 6.45) is -2.34. The molecule has 0 aliphatic heterocycles. The summed E-state index contributed by atoms with van der Waals surface area (Å²) in [5.74, 6) is 0. The van der Waals surface area contributed by atoms with Gasteiger partial charge >= 0.3 is 0 Å². The van der Waals surface area contributed by atoms with E-state index in [0.29, 0.717) is 6.29 Å². The smallest absolute Gasteiger partial charge is 0.265 e. The van der Waals surface area contributed by atoms with Crippen LogP contribution in [0.3, 0.4) is 0 Å². The van der Waals surface area contributed by atoms with Gasteiger partial charge in [0.15, 0.2) is 6.29 Å². The molecule has 0 unspecified atom stereocenters. The molecule has 0 saturated carbocycles. The van der Waals surface area contributed by atoms with Crippen molar-refractivity contribution >= 4 is 22.2 Å². The standard InChI is InChI=1S/C9H5BrF2N2O/c10-2-7-6(9(11)12)1-5(3-13)8(4-15)14-7/h1,4,9H,2H2. The second-order valence-electron chi connectivity index (χ2n) is 2.62. The van der Waals surface area contributed by atoms with E-state index in [9.17, 15) is 13.6 Å². The van der Waals surface area contributed by atoms with Crippen molar-refractivity contribution in [3.05, 3.63) is 28.6 Å². The number of carbonyl (C=O) groups excluding carboxylic acids is 1. The monoisotopic (exact) mass is 274 g/mol. The first-order chi connectivity index (χ1) is 7.13. The van der Waals surface area contributed by atoms with Gasteiger partial charge in [-0.3, -0.25) is 4.79 Å². The topological polar surface area (TPSA) is 53.8 Å². The molecule has 0 saturated heterocycles. The molecular formula is C9H5BrF2N2O. The highest BCUT2D eigenvalue weighted by molar-refractivity contribution is 9.08. The van der Waals surface area contributed by atoms with Gasteiger partial charge < -0.3 is 0 Å². The molecule has 0 aliphatic rings. The average Bonchev–Trinajstić information content (AvgIpc) is 2.26. The molecule has 0 aromatic carbocycles. The Bertz CT molecular complexity index is 429. The summed E-state index contributed by atoms with van der Waals surface area (Å²) >= 11 is 2.99. The molecule has 0 amide bonds. The van der Waals surface area contributed by atoms with E-state index in [1.165, 1.54) is 0 Å². The number of hydrogen-bond donors (Lipinski definition) is 0. The molecule has 1 aromatic heterocycles. The van der Waals surface area contributed by atoms with Gasteiger partial charge in [0.05, 0.1) is 11.3 Å². The van der Waals surface area contributed by atoms with E-state index in [1.54, 1.807) is 6.07 Å². The highest BCUT2D eigenvalue weighted by Crippen LogP contribution is 2.25. The fourth-order valence-electron chi connectivity index (χ4n) is 1.06. The van der Waals surface area contributed by atoms with Crippen LogP contribution in [0.25, 0.3) is 0 Å². The van der Waals surface area contributed by atoms with Crippen molar-refractivity contribution in [2.45, 2.75) is 11.8 Å². The van der Waals surface area contributed by atoms with Crippen LogP contribution >= 0.6 is 15.9 Å². The zero-order chi connectivity index (χ0) is 11.4. The summed E-state index contributed by atoms with van der Waals surface area (Å²) in [6, 6.07) is 2.65. The van der Waals surface area contributed by atoms with E-state index >= 15 is 0 Å². The van der Waals surface area contributed by atoms with Crippen LogP contribution in [0.1, 0.15) is 33.7 Å². The van der Waals surface area contributed by atoms with Crippen molar-refractivity contribution in [1.29, 1.82) is 5.26 Å². The average molecular weight is 275 g/mol. The van der Waals surface area contributed by atoms with E-state index in [1.807, 2.05) is 0 Å². The van der Waals surface area contributed by atoms with Crippen molar-refractivity contribution in [3.8, 4) is 6.07 Å². The minimum absolute atomic E-state index is 0.0751. The number of nitrogens with zero attached hydrogens (tertiary/aromatic N) is 2. The Balaban J connectivity index is 3.42. The van der Waals surface area contributed by atoms with Crippen molar-refractivity contribution < 1.29 is 13.6 Å². The Kier molecular flexibility index (Phi) is 3.86. The minimum atomic E-state index is -2.71. The van der Waals surface area contributed by atoms with Crippen LogP contribution in [0.5, 0.6) is 0 Å². The van der Waals surface area contributed by atoms with Crippen molar-refractivity contribution in [2.24, 2.45) is 0 Å². The molecule has 0 bridgehead atoms. The lowest BCUT2D eigenvalue weighted by atomic mass is 10.1. The molecule has 3 nitrogen and oxygen atoms in total. The largest absolute Gasteiger partial charge is 0.296 e. The maximum absolute atomic E-state index is 12.5. The first kappa shape index (κ1) is 11.7.